The van der Waals surface area contributed by atoms with Crippen molar-refractivity contribution in [3.05, 3.63) is 24.5 Å². The Balaban J connectivity index is 2.71. The Hall–Kier alpha value is -1.58. The van der Waals surface area contributed by atoms with E-state index in [-0.39, 0.29) is 0 Å². The molecule has 1 rings (SSSR count). The van der Waals surface area contributed by atoms with Crippen molar-refractivity contribution in [3.63, 3.8) is 0 Å². The second kappa shape index (κ2) is 3.89. The van der Waals surface area contributed by atoms with Gasteiger partial charge >= 0.3 is 0 Å². The van der Waals surface area contributed by atoms with E-state index in [9.17, 15) is 0 Å². The fourth-order valence-corrected chi connectivity index (χ4v) is 1.00. The quantitative estimate of drug-likeness (QED) is 0.703. The molecule has 4 nitrogen and oxygen atoms in total. The van der Waals surface area contributed by atoms with Gasteiger partial charge in [0.2, 0.25) is 5.95 Å². The highest BCUT2D eigenvalue weighted by Gasteiger charge is 2.02. The summed E-state index contributed by atoms with van der Waals surface area (Å²) >= 11 is 0. The minimum absolute atomic E-state index is 0.576. The van der Waals surface area contributed by atoms with Gasteiger partial charge in [-0.15, -0.1) is 0 Å². The first kappa shape index (κ1) is 9.51. The highest BCUT2D eigenvalue weighted by atomic mass is 15.2. The summed E-state index contributed by atoms with van der Waals surface area (Å²) < 4.78 is 0. The van der Waals surface area contributed by atoms with Crippen LogP contribution in [-0.2, 0) is 0 Å². The topological polar surface area (TPSA) is 55.0 Å². The van der Waals surface area contributed by atoms with Gasteiger partial charge in [-0.25, -0.2) is 9.97 Å². The molecule has 2 N–H and O–H groups in total. The zero-order chi connectivity index (χ0) is 9.84. The Labute approximate surface area is 78.1 Å². The predicted molar refractivity (Wildman–Crippen MR) is 54.5 cm³/mol. The van der Waals surface area contributed by atoms with E-state index in [4.69, 9.17) is 5.73 Å². The number of likely N-dealkylation sites (N-methyl/N-ethyl adjacent to an activating group) is 1. The second-order valence-electron chi connectivity index (χ2n) is 3.13. The molecule has 0 amide bonds. The lowest BCUT2D eigenvalue weighted by molar-refractivity contribution is 0.916. The second-order valence-corrected chi connectivity index (χ2v) is 3.13. The smallest absolute Gasteiger partial charge is 0.225 e. The third kappa shape index (κ3) is 2.74. The van der Waals surface area contributed by atoms with Gasteiger partial charge in [-0.2, -0.15) is 0 Å². The molecule has 0 aliphatic heterocycles. The number of hydrogen-bond donors (Lipinski definition) is 1. The largest absolute Gasteiger partial charge is 0.396 e. The van der Waals surface area contributed by atoms with Crippen LogP contribution in [0.1, 0.15) is 6.92 Å². The summed E-state index contributed by atoms with van der Waals surface area (Å²) in [5.74, 6) is 0.664. The van der Waals surface area contributed by atoms with Gasteiger partial charge in [0, 0.05) is 13.6 Å². The molecule has 1 aromatic heterocycles. The monoisotopic (exact) mass is 178 g/mol. The van der Waals surface area contributed by atoms with Crippen molar-refractivity contribution < 1.29 is 0 Å². The molecule has 0 spiro atoms. The molecule has 0 bridgehead atoms. The summed E-state index contributed by atoms with van der Waals surface area (Å²) in [6, 6.07) is 0. The van der Waals surface area contributed by atoms with Gasteiger partial charge in [-0.3, -0.25) is 0 Å². The average Bonchev–Trinajstić information content (AvgIpc) is 2.04. The number of nitrogens with two attached hydrogens (primary N) is 1. The molecule has 0 unspecified atom stereocenters. The van der Waals surface area contributed by atoms with E-state index in [2.05, 4.69) is 16.5 Å². The molecule has 1 aromatic rings. The molecule has 70 valence electrons. The van der Waals surface area contributed by atoms with E-state index in [0.29, 0.717) is 11.6 Å². The molecule has 0 aliphatic carbocycles. The number of anilines is 2. The zero-order valence-corrected chi connectivity index (χ0v) is 7.99. The zero-order valence-electron chi connectivity index (χ0n) is 7.99. The van der Waals surface area contributed by atoms with Gasteiger partial charge in [0.05, 0.1) is 18.1 Å². The summed E-state index contributed by atoms with van der Waals surface area (Å²) in [6.07, 6.45) is 3.19. The van der Waals surface area contributed by atoms with Gasteiger partial charge in [0.1, 0.15) is 0 Å². The van der Waals surface area contributed by atoms with Crippen LogP contribution < -0.4 is 10.6 Å². The Kier molecular flexibility index (Phi) is 2.84. The van der Waals surface area contributed by atoms with Crippen molar-refractivity contribution in [1.82, 2.24) is 9.97 Å². The molecule has 13 heavy (non-hydrogen) atoms. The highest BCUT2D eigenvalue weighted by molar-refractivity contribution is 5.37. The standard InChI is InChI=1S/C9H14N4/c1-7(2)6-13(3)9-11-4-8(10)5-12-9/h4-5H,1,6,10H2,2-3H3. The Morgan fingerprint density at radius 3 is 2.54 bits per heavy atom. The Bertz CT molecular complexity index is 291. The summed E-state index contributed by atoms with van der Waals surface area (Å²) in [5, 5.41) is 0. The minimum atomic E-state index is 0.576. The number of hydrogen-bond acceptors (Lipinski definition) is 4. The summed E-state index contributed by atoms with van der Waals surface area (Å²) in [4.78, 5) is 10.1. The van der Waals surface area contributed by atoms with E-state index in [0.717, 1.165) is 12.1 Å². The van der Waals surface area contributed by atoms with Crippen LogP contribution in [0.2, 0.25) is 0 Å². The van der Waals surface area contributed by atoms with E-state index in [1.165, 1.54) is 0 Å². The van der Waals surface area contributed by atoms with Crippen LogP contribution in [0.25, 0.3) is 0 Å². The average molecular weight is 178 g/mol. The molecule has 0 saturated carbocycles. The van der Waals surface area contributed by atoms with Crippen LogP contribution in [0.4, 0.5) is 11.6 Å². The maximum atomic E-state index is 5.47. The lowest BCUT2D eigenvalue weighted by atomic mass is 10.3. The van der Waals surface area contributed by atoms with Crippen molar-refractivity contribution >= 4 is 11.6 Å². The maximum absolute atomic E-state index is 5.47. The molecular weight excluding hydrogens is 164 g/mol. The van der Waals surface area contributed by atoms with Crippen LogP contribution >= 0.6 is 0 Å². The van der Waals surface area contributed by atoms with Crippen LogP contribution in [0, 0.1) is 0 Å². The maximum Gasteiger partial charge on any atom is 0.225 e. The molecule has 0 atom stereocenters. The fraction of sp³-hybridized carbons (Fsp3) is 0.333. The van der Waals surface area contributed by atoms with Crippen molar-refractivity contribution in [2.24, 2.45) is 0 Å². The van der Waals surface area contributed by atoms with Gasteiger partial charge in [0.25, 0.3) is 0 Å². The molecule has 0 radical (unpaired) electrons. The SMILES string of the molecule is C=C(C)CN(C)c1ncc(N)cn1. The molecule has 1 heterocycles. The third-order valence-corrected chi connectivity index (χ3v) is 1.51. The molecule has 4 heteroatoms. The van der Waals surface area contributed by atoms with Gasteiger partial charge < -0.3 is 10.6 Å². The normalized spacial score (nSPS) is 9.69. The van der Waals surface area contributed by atoms with Crippen molar-refractivity contribution in [1.29, 1.82) is 0 Å². The van der Waals surface area contributed by atoms with Gasteiger partial charge in [-0.05, 0) is 6.92 Å². The van der Waals surface area contributed by atoms with Crippen LogP contribution in [-0.4, -0.2) is 23.6 Å². The number of nitrogen functional groups attached to an aromatic ring is 1. The number of aromatic nitrogens is 2. The fourth-order valence-electron chi connectivity index (χ4n) is 1.00. The third-order valence-electron chi connectivity index (χ3n) is 1.51. The number of rotatable bonds is 3. The first-order chi connectivity index (χ1) is 6.09. The van der Waals surface area contributed by atoms with Crippen molar-refractivity contribution in [2.45, 2.75) is 6.92 Å². The summed E-state index contributed by atoms with van der Waals surface area (Å²) in [7, 11) is 1.92. The van der Waals surface area contributed by atoms with E-state index in [1.807, 2.05) is 18.9 Å². The summed E-state index contributed by atoms with van der Waals surface area (Å²) in [5.41, 5.74) is 7.12. The van der Waals surface area contributed by atoms with Crippen molar-refractivity contribution in [2.75, 3.05) is 24.2 Å². The first-order valence-corrected chi connectivity index (χ1v) is 4.02. The van der Waals surface area contributed by atoms with Crippen LogP contribution in [0.3, 0.4) is 0 Å². The molecule has 0 aromatic carbocycles. The van der Waals surface area contributed by atoms with Crippen molar-refractivity contribution in [3.8, 4) is 0 Å². The Morgan fingerprint density at radius 1 is 1.54 bits per heavy atom. The lowest BCUT2D eigenvalue weighted by Gasteiger charge is -2.16. The molecule has 0 aliphatic rings. The molecule has 0 saturated heterocycles. The molecular formula is C9H14N4. The van der Waals surface area contributed by atoms with Crippen LogP contribution in [0.15, 0.2) is 24.5 Å². The predicted octanol–water partition coefficient (Wildman–Crippen LogP) is 1.07. The van der Waals surface area contributed by atoms with E-state index < -0.39 is 0 Å². The summed E-state index contributed by atoms with van der Waals surface area (Å²) in [6.45, 7) is 6.54. The highest BCUT2D eigenvalue weighted by Crippen LogP contribution is 2.06. The van der Waals surface area contributed by atoms with Gasteiger partial charge in [-0.1, -0.05) is 12.2 Å². The van der Waals surface area contributed by atoms with Gasteiger partial charge in [0.15, 0.2) is 0 Å². The lowest BCUT2D eigenvalue weighted by Crippen LogP contribution is -2.21. The Morgan fingerprint density at radius 2 is 2.08 bits per heavy atom. The van der Waals surface area contributed by atoms with Crippen LogP contribution in [0.5, 0.6) is 0 Å². The minimum Gasteiger partial charge on any atom is -0.396 e. The molecule has 0 fully saturated rings. The number of nitrogens with zero attached hydrogens (tertiary/aromatic N) is 3. The van der Waals surface area contributed by atoms with E-state index in [1.54, 1.807) is 12.4 Å². The van der Waals surface area contributed by atoms with E-state index >= 15 is 0 Å². The first-order valence-electron chi connectivity index (χ1n) is 4.02.